The average Bonchev–Trinajstić information content (AvgIpc) is 3.02. The van der Waals surface area contributed by atoms with E-state index in [2.05, 4.69) is 5.32 Å². The van der Waals surface area contributed by atoms with E-state index in [1.807, 2.05) is 18.2 Å². The lowest BCUT2D eigenvalue weighted by molar-refractivity contribution is -0.149. The molecule has 0 bridgehead atoms. The van der Waals surface area contributed by atoms with Crippen molar-refractivity contribution in [2.24, 2.45) is 0 Å². The number of aliphatic hydroxyl groups is 1. The van der Waals surface area contributed by atoms with Crippen LogP contribution < -0.4 is 19.7 Å². The monoisotopic (exact) mass is 368 g/mol. The minimum atomic E-state index is -2.07. The Hall–Kier alpha value is -3.06. The van der Waals surface area contributed by atoms with Crippen LogP contribution in [0.5, 0.6) is 11.5 Å². The first-order valence-corrected chi connectivity index (χ1v) is 8.85. The molecule has 2 aliphatic heterocycles. The van der Waals surface area contributed by atoms with Crippen molar-refractivity contribution in [2.45, 2.75) is 18.6 Å². The number of carbonyl (C=O) groups is 2. The van der Waals surface area contributed by atoms with Gasteiger partial charge in [-0.3, -0.25) is 9.59 Å². The van der Waals surface area contributed by atoms with Crippen LogP contribution in [0.15, 0.2) is 48.5 Å². The fourth-order valence-electron chi connectivity index (χ4n) is 3.37. The number of anilines is 1. The average molecular weight is 368 g/mol. The van der Waals surface area contributed by atoms with Crippen molar-refractivity contribution in [3.8, 4) is 11.5 Å². The van der Waals surface area contributed by atoms with Crippen LogP contribution in [0.1, 0.15) is 12.0 Å². The topological polar surface area (TPSA) is 88.1 Å². The summed E-state index contributed by atoms with van der Waals surface area (Å²) in [5.41, 5.74) is -0.675. The molecule has 2 aromatic rings. The van der Waals surface area contributed by atoms with Crippen molar-refractivity contribution in [1.29, 1.82) is 0 Å². The molecule has 1 atom stereocenters. The van der Waals surface area contributed by atoms with Crippen LogP contribution in [-0.2, 0) is 16.1 Å². The molecule has 27 heavy (non-hydrogen) atoms. The van der Waals surface area contributed by atoms with Gasteiger partial charge in [0.25, 0.3) is 11.8 Å². The van der Waals surface area contributed by atoms with Gasteiger partial charge in [0.2, 0.25) is 5.60 Å². The Morgan fingerprint density at radius 3 is 2.70 bits per heavy atom. The number of benzene rings is 2. The van der Waals surface area contributed by atoms with E-state index in [9.17, 15) is 14.7 Å². The Balaban J connectivity index is 1.47. The molecule has 0 radical (unpaired) electrons. The summed E-state index contributed by atoms with van der Waals surface area (Å²) in [7, 11) is 0. The summed E-state index contributed by atoms with van der Waals surface area (Å²) in [5, 5.41) is 13.4. The van der Waals surface area contributed by atoms with Crippen molar-refractivity contribution in [3.05, 3.63) is 54.1 Å². The predicted octanol–water partition coefficient (Wildman–Crippen LogP) is 1.24. The molecule has 2 heterocycles. The molecule has 2 aromatic carbocycles. The molecule has 0 aromatic heterocycles. The lowest BCUT2D eigenvalue weighted by Crippen LogP contribution is -2.52. The van der Waals surface area contributed by atoms with Crippen LogP contribution in [0.25, 0.3) is 0 Å². The maximum Gasteiger partial charge on any atom is 0.268 e. The highest BCUT2D eigenvalue weighted by molar-refractivity contribution is 6.16. The van der Waals surface area contributed by atoms with E-state index in [1.54, 1.807) is 30.3 Å². The highest BCUT2D eigenvalue weighted by Crippen LogP contribution is 2.34. The standard InChI is InChI=1S/C20H20N2O5/c23-18(21-13-14-5-4-8-16-17(14)27-12-11-26-16)20(25)9-10-22(19(20)24)15-6-2-1-3-7-15/h1-8,25H,9-13H2,(H,21,23)/t20-/m0/s1. The minimum Gasteiger partial charge on any atom is -0.486 e. The molecular formula is C20H20N2O5. The Morgan fingerprint density at radius 1 is 1.11 bits per heavy atom. The molecule has 0 aliphatic carbocycles. The van der Waals surface area contributed by atoms with Crippen LogP contribution in [0.2, 0.25) is 0 Å². The van der Waals surface area contributed by atoms with Gasteiger partial charge < -0.3 is 24.8 Å². The van der Waals surface area contributed by atoms with Crippen LogP contribution in [-0.4, -0.2) is 42.3 Å². The zero-order valence-corrected chi connectivity index (χ0v) is 14.7. The third-order valence-electron chi connectivity index (χ3n) is 4.83. The fraction of sp³-hybridized carbons (Fsp3) is 0.300. The second-order valence-electron chi connectivity index (χ2n) is 6.53. The number of rotatable bonds is 4. The van der Waals surface area contributed by atoms with E-state index in [0.29, 0.717) is 30.4 Å². The lowest BCUT2D eigenvalue weighted by Gasteiger charge is -2.23. The summed E-state index contributed by atoms with van der Waals surface area (Å²) in [6.45, 7) is 1.33. The summed E-state index contributed by atoms with van der Waals surface area (Å²) in [6.07, 6.45) is 0.0407. The van der Waals surface area contributed by atoms with Crippen molar-refractivity contribution >= 4 is 17.5 Å². The Labute approximate surface area is 156 Å². The van der Waals surface area contributed by atoms with Crippen molar-refractivity contribution in [1.82, 2.24) is 5.32 Å². The number of nitrogens with zero attached hydrogens (tertiary/aromatic N) is 1. The Kier molecular flexibility index (Phi) is 4.45. The highest BCUT2D eigenvalue weighted by atomic mass is 16.6. The number of hydrogen-bond acceptors (Lipinski definition) is 5. The van der Waals surface area contributed by atoms with Crippen molar-refractivity contribution in [2.75, 3.05) is 24.7 Å². The van der Waals surface area contributed by atoms with Crippen molar-refractivity contribution in [3.63, 3.8) is 0 Å². The van der Waals surface area contributed by atoms with E-state index in [-0.39, 0.29) is 19.5 Å². The molecule has 2 N–H and O–H groups in total. The van der Waals surface area contributed by atoms with Crippen LogP contribution in [0.4, 0.5) is 5.69 Å². The number of nitrogens with one attached hydrogen (secondary N) is 1. The molecule has 1 saturated heterocycles. The fourth-order valence-corrected chi connectivity index (χ4v) is 3.37. The zero-order chi connectivity index (χ0) is 18.9. The smallest absolute Gasteiger partial charge is 0.268 e. The number of hydrogen-bond donors (Lipinski definition) is 2. The van der Waals surface area contributed by atoms with Gasteiger partial charge in [0.15, 0.2) is 11.5 Å². The molecular weight excluding hydrogens is 348 g/mol. The number of ether oxygens (including phenoxy) is 2. The van der Waals surface area contributed by atoms with Gasteiger partial charge in [0, 0.05) is 30.8 Å². The first-order valence-electron chi connectivity index (χ1n) is 8.85. The summed E-state index contributed by atoms with van der Waals surface area (Å²) >= 11 is 0. The molecule has 7 nitrogen and oxygen atoms in total. The third-order valence-corrected chi connectivity index (χ3v) is 4.83. The normalized spacial score (nSPS) is 21.2. The molecule has 0 unspecified atom stereocenters. The Morgan fingerprint density at radius 2 is 1.89 bits per heavy atom. The van der Waals surface area contributed by atoms with Gasteiger partial charge in [0.1, 0.15) is 13.2 Å². The van der Waals surface area contributed by atoms with Crippen LogP contribution in [0.3, 0.4) is 0 Å². The minimum absolute atomic E-state index is 0.0407. The van der Waals surface area contributed by atoms with Gasteiger partial charge in [-0.15, -0.1) is 0 Å². The maximum absolute atomic E-state index is 12.7. The van der Waals surface area contributed by atoms with E-state index in [4.69, 9.17) is 9.47 Å². The first kappa shape index (κ1) is 17.4. The second-order valence-corrected chi connectivity index (χ2v) is 6.53. The number of amides is 2. The van der Waals surface area contributed by atoms with Crippen LogP contribution >= 0.6 is 0 Å². The number of para-hydroxylation sites is 2. The van der Waals surface area contributed by atoms with Gasteiger partial charge >= 0.3 is 0 Å². The van der Waals surface area contributed by atoms with Gasteiger partial charge in [0.05, 0.1) is 0 Å². The Bertz CT molecular complexity index is 870. The predicted molar refractivity (Wildman–Crippen MR) is 97.6 cm³/mol. The second kappa shape index (κ2) is 6.92. The summed E-state index contributed by atoms with van der Waals surface area (Å²) in [5.74, 6) is -0.111. The summed E-state index contributed by atoms with van der Waals surface area (Å²) in [4.78, 5) is 26.7. The molecule has 7 heteroatoms. The quantitative estimate of drug-likeness (QED) is 0.793. The van der Waals surface area contributed by atoms with Gasteiger partial charge in [-0.05, 0) is 18.2 Å². The van der Waals surface area contributed by atoms with Crippen LogP contribution in [0, 0.1) is 0 Å². The molecule has 4 rings (SSSR count). The summed E-state index contributed by atoms with van der Waals surface area (Å²) < 4.78 is 11.1. The van der Waals surface area contributed by atoms with Gasteiger partial charge in [-0.2, -0.15) is 0 Å². The van der Waals surface area contributed by atoms with E-state index in [1.165, 1.54) is 4.90 Å². The SMILES string of the molecule is O=C(NCc1cccc2c1OCCO2)[C@@]1(O)CCN(c2ccccc2)C1=O. The van der Waals surface area contributed by atoms with E-state index < -0.39 is 17.4 Å². The molecule has 0 saturated carbocycles. The molecule has 1 fully saturated rings. The molecule has 140 valence electrons. The van der Waals surface area contributed by atoms with E-state index in [0.717, 1.165) is 5.56 Å². The molecule has 0 spiro atoms. The third kappa shape index (κ3) is 3.10. The zero-order valence-electron chi connectivity index (χ0n) is 14.7. The number of fused-ring (bicyclic) bond motifs is 1. The number of carbonyl (C=O) groups excluding carboxylic acids is 2. The van der Waals surface area contributed by atoms with Gasteiger partial charge in [-0.1, -0.05) is 30.3 Å². The first-order chi connectivity index (χ1) is 13.1. The van der Waals surface area contributed by atoms with E-state index >= 15 is 0 Å². The molecule has 2 aliphatic rings. The van der Waals surface area contributed by atoms with Crippen molar-refractivity contribution < 1.29 is 24.2 Å². The summed E-state index contributed by atoms with van der Waals surface area (Å²) in [6, 6.07) is 14.4. The highest BCUT2D eigenvalue weighted by Gasteiger charge is 2.51. The van der Waals surface area contributed by atoms with Gasteiger partial charge in [-0.25, -0.2) is 0 Å². The molecule has 2 amide bonds. The maximum atomic E-state index is 12.7. The largest absolute Gasteiger partial charge is 0.486 e. The lowest BCUT2D eigenvalue weighted by atomic mass is 10.0.